The number of hydrogen-bond donors (Lipinski definition) is 1. The Hall–Kier alpha value is -0.280. The summed E-state index contributed by atoms with van der Waals surface area (Å²) in [5, 5.41) is 1.32. The van der Waals surface area contributed by atoms with E-state index in [4.69, 9.17) is 28.9 Å². The number of hydrogen-bond acceptors (Lipinski definition) is 2. The summed E-state index contributed by atoms with van der Waals surface area (Å²) in [6.07, 6.45) is 0. The Labute approximate surface area is 107 Å². The maximum absolute atomic E-state index is 6.26. The number of nitrogens with zero attached hydrogens (tertiary/aromatic N) is 1. The standard InChI is InChI=1S/C12H18Cl2N2/c1-12(2,16(3)4)11(15)9-7-8(13)5-6-10(9)14/h5-7,11H,15H2,1-4H3. The van der Waals surface area contributed by atoms with Gasteiger partial charge in [0, 0.05) is 21.6 Å². The first-order chi connectivity index (χ1) is 7.26. The van der Waals surface area contributed by atoms with Gasteiger partial charge < -0.3 is 10.6 Å². The number of rotatable bonds is 3. The highest BCUT2D eigenvalue weighted by molar-refractivity contribution is 6.33. The third kappa shape index (κ3) is 2.69. The Bertz CT molecular complexity index is 375. The largest absolute Gasteiger partial charge is 0.322 e. The summed E-state index contributed by atoms with van der Waals surface area (Å²) in [4.78, 5) is 2.08. The van der Waals surface area contributed by atoms with Crippen molar-refractivity contribution < 1.29 is 0 Å². The Morgan fingerprint density at radius 2 is 1.81 bits per heavy atom. The van der Waals surface area contributed by atoms with Crippen LogP contribution in [0.2, 0.25) is 10.0 Å². The average molecular weight is 261 g/mol. The van der Waals surface area contributed by atoms with Crippen molar-refractivity contribution in [3.63, 3.8) is 0 Å². The van der Waals surface area contributed by atoms with Gasteiger partial charge in [-0.1, -0.05) is 23.2 Å². The SMILES string of the molecule is CN(C)C(C)(C)C(N)c1cc(Cl)ccc1Cl. The smallest absolute Gasteiger partial charge is 0.0491 e. The summed E-state index contributed by atoms with van der Waals surface area (Å²) in [6, 6.07) is 5.20. The van der Waals surface area contributed by atoms with Crippen LogP contribution in [0.5, 0.6) is 0 Å². The van der Waals surface area contributed by atoms with Crippen LogP contribution in [-0.4, -0.2) is 24.5 Å². The molecule has 16 heavy (non-hydrogen) atoms. The van der Waals surface area contributed by atoms with E-state index in [9.17, 15) is 0 Å². The van der Waals surface area contributed by atoms with Crippen molar-refractivity contribution in [1.29, 1.82) is 0 Å². The molecule has 0 radical (unpaired) electrons. The molecule has 0 spiro atoms. The molecule has 0 aromatic heterocycles. The zero-order chi connectivity index (χ0) is 12.5. The number of likely N-dealkylation sites (N-methyl/N-ethyl adjacent to an activating group) is 1. The van der Waals surface area contributed by atoms with Crippen molar-refractivity contribution in [2.24, 2.45) is 5.73 Å². The fourth-order valence-corrected chi connectivity index (χ4v) is 1.83. The number of halogens is 2. The van der Waals surface area contributed by atoms with Gasteiger partial charge in [0.15, 0.2) is 0 Å². The van der Waals surface area contributed by atoms with Gasteiger partial charge in [0.2, 0.25) is 0 Å². The van der Waals surface area contributed by atoms with Crippen molar-refractivity contribution in [2.45, 2.75) is 25.4 Å². The Kier molecular flexibility index (Phi) is 4.24. The van der Waals surface area contributed by atoms with Crippen LogP contribution in [-0.2, 0) is 0 Å². The molecule has 1 aromatic carbocycles. The van der Waals surface area contributed by atoms with Crippen LogP contribution in [0.25, 0.3) is 0 Å². The second-order valence-electron chi connectivity index (χ2n) is 4.69. The average Bonchev–Trinajstić information content (AvgIpc) is 2.20. The molecule has 0 aliphatic rings. The van der Waals surface area contributed by atoms with Crippen LogP contribution >= 0.6 is 23.2 Å². The van der Waals surface area contributed by atoms with Crippen LogP contribution in [0, 0.1) is 0 Å². The van der Waals surface area contributed by atoms with E-state index in [2.05, 4.69) is 18.7 Å². The third-order valence-electron chi connectivity index (χ3n) is 3.21. The Morgan fingerprint density at radius 1 is 1.25 bits per heavy atom. The second-order valence-corrected chi connectivity index (χ2v) is 5.54. The van der Waals surface area contributed by atoms with Crippen LogP contribution in [0.1, 0.15) is 25.5 Å². The molecule has 0 fully saturated rings. The molecule has 1 atom stereocenters. The van der Waals surface area contributed by atoms with E-state index < -0.39 is 0 Å². The number of nitrogens with two attached hydrogens (primary N) is 1. The molecule has 1 unspecified atom stereocenters. The third-order valence-corrected chi connectivity index (χ3v) is 3.79. The lowest BCUT2D eigenvalue weighted by Crippen LogP contribution is -2.47. The molecular weight excluding hydrogens is 243 g/mol. The summed E-state index contributed by atoms with van der Waals surface area (Å²) >= 11 is 12.1. The minimum absolute atomic E-state index is 0.186. The normalized spacial score (nSPS) is 14.2. The van der Waals surface area contributed by atoms with Gasteiger partial charge in [0.1, 0.15) is 0 Å². The van der Waals surface area contributed by atoms with Gasteiger partial charge in [-0.3, -0.25) is 0 Å². The highest BCUT2D eigenvalue weighted by Gasteiger charge is 2.31. The molecule has 2 N–H and O–H groups in total. The molecule has 2 nitrogen and oxygen atoms in total. The van der Waals surface area contributed by atoms with Crippen LogP contribution in [0.4, 0.5) is 0 Å². The molecule has 0 aliphatic heterocycles. The molecule has 1 aromatic rings. The Balaban J connectivity index is 3.14. The quantitative estimate of drug-likeness (QED) is 0.904. The van der Waals surface area contributed by atoms with Crippen molar-refractivity contribution in [3.8, 4) is 0 Å². The highest BCUT2D eigenvalue weighted by Crippen LogP contribution is 2.33. The predicted molar refractivity (Wildman–Crippen MR) is 71.2 cm³/mol. The molecule has 0 bridgehead atoms. The highest BCUT2D eigenvalue weighted by atomic mass is 35.5. The lowest BCUT2D eigenvalue weighted by Gasteiger charge is -2.38. The summed E-state index contributed by atoms with van der Waals surface area (Å²) in [6.45, 7) is 4.16. The number of benzene rings is 1. The molecule has 4 heteroatoms. The summed E-state index contributed by atoms with van der Waals surface area (Å²) in [5.41, 5.74) is 6.95. The second kappa shape index (κ2) is 4.92. The van der Waals surface area contributed by atoms with E-state index in [-0.39, 0.29) is 11.6 Å². The van der Waals surface area contributed by atoms with Crippen molar-refractivity contribution >= 4 is 23.2 Å². The minimum Gasteiger partial charge on any atom is -0.322 e. The van der Waals surface area contributed by atoms with Gasteiger partial charge in [-0.25, -0.2) is 0 Å². The summed E-state index contributed by atoms with van der Waals surface area (Å²) in [5.74, 6) is 0. The molecule has 0 saturated carbocycles. The monoisotopic (exact) mass is 260 g/mol. The van der Waals surface area contributed by atoms with Gasteiger partial charge in [0.25, 0.3) is 0 Å². The van der Waals surface area contributed by atoms with E-state index in [1.807, 2.05) is 20.2 Å². The van der Waals surface area contributed by atoms with E-state index >= 15 is 0 Å². The van der Waals surface area contributed by atoms with Crippen molar-refractivity contribution in [3.05, 3.63) is 33.8 Å². The maximum Gasteiger partial charge on any atom is 0.0491 e. The van der Waals surface area contributed by atoms with Crippen molar-refractivity contribution in [1.82, 2.24) is 4.90 Å². The molecule has 0 heterocycles. The first-order valence-electron chi connectivity index (χ1n) is 5.14. The fourth-order valence-electron chi connectivity index (χ4n) is 1.41. The van der Waals surface area contributed by atoms with Gasteiger partial charge in [0.05, 0.1) is 0 Å². The van der Waals surface area contributed by atoms with E-state index in [1.54, 1.807) is 12.1 Å². The van der Waals surface area contributed by atoms with Crippen LogP contribution in [0.3, 0.4) is 0 Å². The first kappa shape index (κ1) is 13.8. The molecule has 90 valence electrons. The fraction of sp³-hybridized carbons (Fsp3) is 0.500. The minimum atomic E-state index is -0.186. The zero-order valence-electron chi connectivity index (χ0n) is 10.1. The first-order valence-corrected chi connectivity index (χ1v) is 5.90. The molecule has 0 saturated heterocycles. The molecule has 1 rings (SSSR count). The van der Waals surface area contributed by atoms with Crippen LogP contribution in [0.15, 0.2) is 18.2 Å². The van der Waals surface area contributed by atoms with Gasteiger partial charge >= 0.3 is 0 Å². The molecular formula is C12H18Cl2N2. The summed E-state index contributed by atoms with van der Waals surface area (Å²) in [7, 11) is 4.00. The van der Waals surface area contributed by atoms with Gasteiger partial charge in [-0.15, -0.1) is 0 Å². The van der Waals surface area contributed by atoms with E-state index in [0.717, 1.165) is 5.56 Å². The van der Waals surface area contributed by atoms with Gasteiger partial charge in [-0.05, 0) is 51.7 Å². The molecule has 0 amide bonds. The Morgan fingerprint density at radius 3 is 2.31 bits per heavy atom. The summed E-state index contributed by atoms with van der Waals surface area (Å²) < 4.78 is 0. The van der Waals surface area contributed by atoms with Gasteiger partial charge in [-0.2, -0.15) is 0 Å². The van der Waals surface area contributed by atoms with E-state index in [1.165, 1.54) is 0 Å². The van der Waals surface area contributed by atoms with Crippen molar-refractivity contribution in [2.75, 3.05) is 14.1 Å². The lowest BCUT2D eigenvalue weighted by molar-refractivity contribution is 0.159. The zero-order valence-corrected chi connectivity index (χ0v) is 11.6. The van der Waals surface area contributed by atoms with Crippen LogP contribution < -0.4 is 5.73 Å². The molecule has 0 aliphatic carbocycles. The lowest BCUT2D eigenvalue weighted by atomic mass is 9.88. The van der Waals surface area contributed by atoms with E-state index in [0.29, 0.717) is 10.0 Å². The maximum atomic E-state index is 6.26. The topological polar surface area (TPSA) is 29.3 Å². The predicted octanol–water partition coefficient (Wildman–Crippen LogP) is 3.33.